The van der Waals surface area contributed by atoms with Crippen molar-refractivity contribution in [2.45, 2.75) is 26.7 Å². The van der Waals surface area contributed by atoms with Gasteiger partial charge in [-0.15, -0.1) is 0 Å². The number of ether oxygens (including phenoxy) is 2. The fraction of sp³-hybridized carbons (Fsp3) is 0.429. The van der Waals surface area contributed by atoms with Gasteiger partial charge in [-0.25, -0.2) is 4.79 Å². The van der Waals surface area contributed by atoms with E-state index in [1.165, 1.54) is 6.08 Å². The number of nitrogens with one attached hydrogen (secondary N) is 1. The van der Waals surface area contributed by atoms with Gasteiger partial charge in [-0.3, -0.25) is 4.79 Å². The number of aromatic nitrogens is 1. The number of rotatable bonds is 7. The summed E-state index contributed by atoms with van der Waals surface area (Å²) in [5.41, 5.74) is 1.73. The highest BCUT2D eigenvalue weighted by Gasteiger charge is 2.04. The summed E-state index contributed by atoms with van der Waals surface area (Å²) in [6.45, 7) is 4.30. The Kier molecular flexibility index (Phi) is 6.43. The minimum atomic E-state index is -0.370. The van der Waals surface area contributed by atoms with Gasteiger partial charge in [0.05, 0.1) is 19.6 Å². The lowest BCUT2D eigenvalue weighted by molar-refractivity contribution is -0.143. The Morgan fingerprint density at radius 1 is 1.21 bits per heavy atom. The average Bonchev–Trinajstić information content (AvgIpc) is 2.83. The zero-order valence-corrected chi connectivity index (χ0v) is 11.3. The fourth-order valence-corrected chi connectivity index (χ4v) is 1.52. The SMILES string of the molecule is CCOC(=O)C=Cc1ccc(CCC(=O)OCC)[nH]1. The van der Waals surface area contributed by atoms with Crippen LogP contribution in [-0.4, -0.2) is 30.1 Å². The molecule has 0 fully saturated rings. The highest BCUT2D eigenvalue weighted by Crippen LogP contribution is 2.07. The first-order valence-corrected chi connectivity index (χ1v) is 6.34. The zero-order valence-electron chi connectivity index (χ0n) is 11.3. The Labute approximate surface area is 112 Å². The van der Waals surface area contributed by atoms with E-state index >= 15 is 0 Å². The maximum Gasteiger partial charge on any atom is 0.330 e. The third kappa shape index (κ3) is 5.90. The molecule has 5 nitrogen and oxygen atoms in total. The Bertz CT molecular complexity index is 448. The first-order chi connectivity index (χ1) is 9.15. The molecular weight excluding hydrogens is 246 g/mol. The van der Waals surface area contributed by atoms with Crippen molar-refractivity contribution in [1.29, 1.82) is 0 Å². The first kappa shape index (κ1) is 15.0. The zero-order chi connectivity index (χ0) is 14.1. The molecule has 5 heteroatoms. The van der Waals surface area contributed by atoms with Crippen LogP contribution < -0.4 is 0 Å². The molecule has 1 rings (SSSR count). The van der Waals surface area contributed by atoms with Crippen molar-refractivity contribution in [3.05, 3.63) is 29.6 Å². The van der Waals surface area contributed by atoms with Gasteiger partial charge in [0.1, 0.15) is 0 Å². The van der Waals surface area contributed by atoms with Crippen LogP contribution in [0.25, 0.3) is 6.08 Å². The summed E-state index contributed by atoms with van der Waals surface area (Å²) in [6.07, 6.45) is 3.94. The van der Waals surface area contributed by atoms with Crippen LogP contribution in [0.1, 0.15) is 31.7 Å². The maximum absolute atomic E-state index is 11.2. The summed E-state index contributed by atoms with van der Waals surface area (Å²) in [5.74, 6) is -0.578. The second kappa shape index (κ2) is 8.13. The number of carbonyl (C=O) groups is 2. The summed E-state index contributed by atoms with van der Waals surface area (Å²) in [5, 5.41) is 0. The van der Waals surface area contributed by atoms with Crippen molar-refractivity contribution in [2.75, 3.05) is 13.2 Å². The van der Waals surface area contributed by atoms with Gasteiger partial charge in [-0.2, -0.15) is 0 Å². The highest BCUT2D eigenvalue weighted by molar-refractivity contribution is 5.86. The Hall–Kier alpha value is -2.04. The predicted octanol–water partition coefficient (Wildman–Crippen LogP) is 2.09. The van der Waals surface area contributed by atoms with E-state index < -0.39 is 0 Å². The molecule has 0 aliphatic carbocycles. The normalized spacial score (nSPS) is 10.6. The molecule has 0 saturated heterocycles. The molecule has 1 aromatic heterocycles. The highest BCUT2D eigenvalue weighted by atomic mass is 16.5. The molecule has 0 atom stereocenters. The topological polar surface area (TPSA) is 68.4 Å². The van der Waals surface area contributed by atoms with E-state index in [2.05, 4.69) is 4.98 Å². The molecule has 0 saturated carbocycles. The van der Waals surface area contributed by atoms with Gasteiger partial charge in [-0.1, -0.05) is 0 Å². The Balaban J connectivity index is 2.44. The molecule has 1 N–H and O–H groups in total. The molecule has 0 radical (unpaired) electrons. The Morgan fingerprint density at radius 2 is 1.95 bits per heavy atom. The molecule has 1 aromatic rings. The Morgan fingerprint density at radius 3 is 2.63 bits per heavy atom. The molecule has 0 bridgehead atoms. The monoisotopic (exact) mass is 265 g/mol. The predicted molar refractivity (Wildman–Crippen MR) is 71.4 cm³/mol. The van der Waals surface area contributed by atoms with Gasteiger partial charge in [-0.05, 0) is 38.5 Å². The molecule has 0 aliphatic rings. The third-order valence-corrected chi connectivity index (χ3v) is 2.36. The van der Waals surface area contributed by atoms with Crippen molar-refractivity contribution in [3.8, 4) is 0 Å². The van der Waals surface area contributed by atoms with Crippen molar-refractivity contribution in [2.24, 2.45) is 0 Å². The lowest BCUT2D eigenvalue weighted by Gasteiger charge is -1.99. The minimum Gasteiger partial charge on any atom is -0.466 e. The standard InChI is InChI=1S/C14H19NO4/c1-3-18-13(16)9-7-11-5-6-12(15-11)8-10-14(17)19-4-2/h5-7,9,15H,3-4,8,10H2,1-2H3. The van der Waals surface area contributed by atoms with Crippen LogP contribution in [0.3, 0.4) is 0 Å². The second-order valence-corrected chi connectivity index (χ2v) is 3.83. The van der Waals surface area contributed by atoms with E-state index in [4.69, 9.17) is 9.47 Å². The summed E-state index contributed by atoms with van der Waals surface area (Å²) < 4.78 is 9.62. The molecule has 0 aromatic carbocycles. The quantitative estimate of drug-likeness (QED) is 0.605. The van der Waals surface area contributed by atoms with Gasteiger partial charge in [0, 0.05) is 17.5 Å². The van der Waals surface area contributed by atoms with Crippen LogP contribution in [0.4, 0.5) is 0 Å². The van der Waals surface area contributed by atoms with E-state index in [9.17, 15) is 9.59 Å². The van der Waals surface area contributed by atoms with E-state index in [1.807, 2.05) is 12.1 Å². The summed E-state index contributed by atoms with van der Waals surface area (Å²) in [4.78, 5) is 25.4. The van der Waals surface area contributed by atoms with Crippen molar-refractivity contribution < 1.29 is 19.1 Å². The van der Waals surface area contributed by atoms with Crippen LogP contribution in [-0.2, 0) is 25.5 Å². The average molecular weight is 265 g/mol. The number of aryl methyl sites for hydroxylation is 1. The maximum atomic E-state index is 11.2. The number of H-pyrrole nitrogens is 1. The van der Waals surface area contributed by atoms with E-state index in [-0.39, 0.29) is 11.9 Å². The van der Waals surface area contributed by atoms with E-state index in [1.54, 1.807) is 19.9 Å². The molecule has 0 spiro atoms. The number of carbonyl (C=O) groups excluding carboxylic acids is 2. The number of esters is 2. The largest absolute Gasteiger partial charge is 0.466 e. The van der Waals surface area contributed by atoms with Gasteiger partial charge < -0.3 is 14.5 Å². The molecule has 1 heterocycles. The van der Waals surface area contributed by atoms with Crippen LogP contribution in [0, 0.1) is 0 Å². The lowest BCUT2D eigenvalue weighted by atomic mass is 10.2. The van der Waals surface area contributed by atoms with Crippen LogP contribution >= 0.6 is 0 Å². The minimum absolute atomic E-state index is 0.208. The smallest absolute Gasteiger partial charge is 0.330 e. The molecular formula is C14H19NO4. The third-order valence-electron chi connectivity index (χ3n) is 2.36. The molecule has 0 unspecified atom stereocenters. The van der Waals surface area contributed by atoms with E-state index in [0.29, 0.717) is 26.1 Å². The van der Waals surface area contributed by atoms with Gasteiger partial charge in [0.25, 0.3) is 0 Å². The molecule has 0 amide bonds. The van der Waals surface area contributed by atoms with Crippen LogP contribution in [0.15, 0.2) is 18.2 Å². The fourth-order valence-electron chi connectivity index (χ4n) is 1.52. The van der Waals surface area contributed by atoms with Crippen molar-refractivity contribution in [3.63, 3.8) is 0 Å². The first-order valence-electron chi connectivity index (χ1n) is 6.34. The van der Waals surface area contributed by atoms with E-state index in [0.717, 1.165) is 11.4 Å². The summed E-state index contributed by atoms with van der Waals surface area (Å²) >= 11 is 0. The molecule has 0 aliphatic heterocycles. The van der Waals surface area contributed by atoms with Crippen molar-refractivity contribution >= 4 is 18.0 Å². The summed E-state index contributed by atoms with van der Waals surface area (Å²) in [7, 11) is 0. The van der Waals surface area contributed by atoms with Gasteiger partial charge in [0.15, 0.2) is 0 Å². The number of hydrogen-bond acceptors (Lipinski definition) is 4. The van der Waals surface area contributed by atoms with Gasteiger partial charge >= 0.3 is 11.9 Å². The molecule has 104 valence electrons. The number of hydrogen-bond donors (Lipinski definition) is 1. The molecule has 19 heavy (non-hydrogen) atoms. The van der Waals surface area contributed by atoms with Crippen LogP contribution in [0.5, 0.6) is 0 Å². The van der Waals surface area contributed by atoms with Crippen molar-refractivity contribution in [1.82, 2.24) is 4.98 Å². The summed E-state index contributed by atoms with van der Waals surface area (Å²) in [6, 6.07) is 3.72. The lowest BCUT2D eigenvalue weighted by Crippen LogP contribution is -2.05. The second-order valence-electron chi connectivity index (χ2n) is 3.83. The number of aromatic amines is 1. The van der Waals surface area contributed by atoms with Gasteiger partial charge in [0.2, 0.25) is 0 Å². The van der Waals surface area contributed by atoms with Crippen LogP contribution in [0.2, 0.25) is 0 Å².